The molecule has 1 aliphatic carbocycles. The van der Waals surface area contributed by atoms with Crippen LogP contribution in [0.25, 0.3) is 0 Å². The molecule has 1 saturated carbocycles. The lowest BCUT2D eigenvalue weighted by Gasteiger charge is -2.17. The maximum atomic E-state index is 12.3. The molecule has 0 bridgehead atoms. The number of ether oxygens (including phenoxy) is 3. The molecule has 0 radical (unpaired) electrons. The Kier molecular flexibility index (Phi) is 14.8. The Balaban J connectivity index is 0.00000271. The standard InChI is InChI=1S/C35H41NO7.C2H6/c1-3-4-9-24(2)30(37)18-16-26-17-19-31-33(26)29-14-6-11-27(34(29)43-31)12-7-15-32(38)41-20-8-21-42-35(39)28-13-5-10-25(22-28)23-36-40;1-2/h5-6,10-11,13-14,16,18,22,24,26,30-31,33,37H,7-9,12,15,17,19-21,23H2,1-2H3;1-2H3/b18-16+;. The second kappa shape index (κ2) is 18.8. The first kappa shape index (κ1) is 35.5. The number of aliphatic hydroxyl groups is 1. The van der Waals surface area contributed by atoms with Crippen molar-refractivity contribution in [2.45, 2.75) is 97.3 Å². The van der Waals surface area contributed by atoms with Crippen LogP contribution in [0.5, 0.6) is 5.75 Å². The van der Waals surface area contributed by atoms with E-state index in [0.29, 0.717) is 42.7 Å². The van der Waals surface area contributed by atoms with E-state index in [2.05, 4.69) is 41.3 Å². The Hall–Kier alpha value is -3.96. The fraction of sp³-hybridized carbons (Fsp3) is 0.514. The second-order valence-corrected chi connectivity index (χ2v) is 11.3. The van der Waals surface area contributed by atoms with E-state index in [9.17, 15) is 19.6 Å². The summed E-state index contributed by atoms with van der Waals surface area (Å²) in [5.41, 5.74) is 3.32. The van der Waals surface area contributed by atoms with Crippen LogP contribution in [0, 0.1) is 28.6 Å². The third kappa shape index (κ3) is 10.3. The third-order valence-electron chi connectivity index (χ3n) is 8.16. The van der Waals surface area contributed by atoms with Crippen LogP contribution in [0.1, 0.15) is 99.2 Å². The van der Waals surface area contributed by atoms with Gasteiger partial charge in [-0.2, -0.15) is 4.91 Å². The van der Waals surface area contributed by atoms with Gasteiger partial charge in [-0.05, 0) is 67.7 Å². The molecule has 8 heteroatoms. The molecule has 0 spiro atoms. The van der Waals surface area contributed by atoms with Crippen LogP contribution in [-0.2, 0) is 27.2 Å². The molecule has 45 heavy (non-hydrogen) atoms. The van der Waals surface area contributed by atoms with Gasteiger partial charge in [-0.25, -0.2) is 4.79 Å². The van der Waals surface area contributed by atoms with Crippen molar-refractivity contribution >= 4 is 11.9 Å². The van der Waals surface area contributed by atoms with E-state index in [0.717, 1.165) is 24.2 Å². The Labute approximate surface area is 267 Å². The van der Waals surface area contributed by atoms with Crippen molar-refractivity contribution in [1.82, 2.24) is 0 Å². The number of nitrogens with zero attached hydrogens (tertiary/aromatic N) is 1. The predicted molar refractivity (Wildman–Crippen MR) is 175 cm³/mol. The van der Waals surface area contributed by atoms with Crippen molar-refractivity contribution in [3.8, 4) is 17.6 Å². The predicted octanol–water partition coefficient (Wildman–Crippen LogP) is 7.31. The van der Waals surface area contributed by atoms with E-state index in [1.807, 2.05) is 33.8 Å². The van der Waals surface area contributed by atoms with Crippen LogP contribution in [0.15, 0.2) is 59.8 Å². The van der Waals surface area contributed by atoms with Crippen LogP contribution in [0.2, 0.25) is 0 Å². The van der Waals surface area contributed by atoms with Gasteiger partial charge in [0, 0.05) is 30.7 Å². The summed E-state index contributed by atoms with van der Waals surface area (Å²) < 4.78 is 17.0. The third-order valence-corrected chi connectivity index (χ3v) is 8.16. The number of carbonyl (C=O) groups excluding carboxylic acids is 2. The highest BCUT2D eigenvalue weighted by Crippen LogP contribution is 2.52. The maximum Gasteiger partial charge on any atom is 0.338 e. The molecule has 1 fully saturated rings. The average Bonchev–Trinajstić information content (AvgIpc) is 3.63. The molecule has 4 rings (SSSR count). The van der Waals surface area contributed by atoms with Crippen LogP contribution < -0.4 is 4.74 Å². The number of aliphatic hydroxyl groups excluding tert-OH is 1. The first-order valence-electron chi connectivity index (χ1n) is 16.2. The van der Waals surface area contributed by atoms with Gasteiger partial charge >= 0.3 is 11.9 Å². The molecule has 1 N–H and O–H groups in total. The summed E-state index contributed by atoms with van der Waals surface area (Å²) in [6, 6.07) is 12.9. The highest BCUT2D eigenvalue weighted by Gasteiger charge is 2.44. The maximum absolute atomic E-state index is 12.3. The summed E-state index contributed by atoms with van der Waals surface area (Å²) >= 11 is 0. The molecule has 8 nitrogen and oxygen atoms in total. The Morgan fingerprint density at radius 2 is 1.89 bits per heavy atom. The number of fused-ring (bicyclic) bond motifs is 3. The quantitative estimate of drug-likeness (QED) is 0.0733. The van der Waals surface area contributed by atoms with Gasteiger partial charge in [0.2, 0.25) is 0 Å². The zero-order valence-corrected chi connectivity index (χ0v) is 27.0. The van der Waals surface area contributed by atoms with Gasteiger partial charge in [-0.15, -0.1) is 11.8 Å². The Morgan fingerprint density at radius 1 is 1.11 bits per heavy atom. The molecule has 2 aromatic carbocycles. The number of benzene rings is 2. The zero-order chi connectivity index (χ0) is 32.6. The molecule has 242 valence electrons. The number of carbonyl (C=O) groups is 2. The van der Waals surface area contributed by atoms with Gasteiger partial charge in [-0.3, -0.25) is 4.79 Å². The van der Waals surface area contributed by atoms with Gasteiger partial charge in [-0.1, -0.05) is 68.4 Å². The van der Waals surface area contributed by atoms with Crippen molar-refractivity contribution in [1.29, 1.82) is 0 Å². The lowest BCUT2D eigenvalue weighted by Crippen LogP contribution is -2.17. The van der Waals surface area contributed by atoms with Crippen molar-refractivity contribution < 1.29 is 28.9 Å². The summed E-state index contributed by atoms with van der Waals surface area (Å²) in [7, 11) is 0. The molecule has 1 heterocycles. The number of nitroso groups, excluding NO2 is 1. The number of para-hydroxylation sites is 1. The number of allylic oxidation sites excluding steroid dienone is 1. The highest BCUT2D eigenvalue weighted by atomic mass is 16.5. The summed E-state index contributed by atoms with van der Waals surface area (Å²) in [6.45, 7) is 8.12. The molecule has 2 aliphatic rings. The fourth-order valence-corrected chi connectivity index (χ4v) is 5.82. The largest absolute Gasteiger partial charge is 0.489 e. The van der Waals surface area contributed by atoms with E-state index >= 15 is 0 Å². The lowest BCUT2D eigenvalue weighted by atomic mass is 9.86. The van der Waals surface area contributed by atoms with E-state index < -0.39 is 12.1 Å². The topological polar surface area (TPSA) is 111 Å². The van der Waals surface area contributed by atoms with Crippen LogP contribution >= 0.6 is 0 Å². The number of esters is 2. The fourth-order valence-electron chi connectivity index (χ4n) is 5.82. The minimum Gasteiger partial charge on any atom is -0.489 e. The minimum absolute atomic E-state index is 0.00262. The van der Waals surface area contributed by atoms with Crippen molar-refractivity contribution in [3.63, 3.8) is 0 Å². The number of hydrogen-bond acceptors (Lipinski definition) is 8. The summed E-state index contributed by atoms with van der Waals surface area (Å²) in [4.78, 5) is 34.9. The monoisotopic (exact) mass is 617 g/mol. The SMILES string of the molecule is CC.CC#CCC(C)C(O)/C=C/C1CCC2Oc3c(CCCC(=O)OCCCOC(=O)c4cccc(CN=O)c4)cccc3C12. The van der Waals surface area contributed by atoms with Crippen LogP contribution in [0.3, 0.4) is 0 Å². The van der Waals surface area contributed by atoms with Crippen molar-refractivity contribution in [2.24, 2.45) is 17.0 Å². The first-order valence-corrected chi connectivity index (χ1v) is 16.2. The molecule has 1 aliphatic heterocycles. The first-order chi connectivity index (χ1) is 21.9. The minimum atomic E-state index is -0.515. The van der Waals surface area contributed by atoms with E-state index in [4.69, 9.17) is 14.2 Å². The smallest absolute Gasteiger partial charge is 0.338 e. The molecule has 0 aromatic heterocycles. The van der Waals surface area contributed by atoms with Crippen molar-refractivity contribution in [2.75, 3.05) is 13.2 Å². The van der Waals surface area contributed by atoms with E-state index in [-0.39, 0.29) is 50.1 Å². The Morgan fingerprint density at radius 3 is 2.67 bits per heavy atom. The molecule has 0 saturated heterocycles. The summed E-state index contributed by atoms with van der Waals surface area (Å²) in [6.07, 6.45) is 8.45. The van der Waals surface area contributed by atoms with Gasteiger partial charge in [0.25, 0.3) is 0 Å². The molecule has 2 aromatic rings. The summed E-state index contributed by atoms with van der Waals surface area (Å²) in [5, 5.41) is 13.4. The molecule has 5 unspecified atom stereocenters. The molecular formula is C37H47NO7. The van der Waals surface area contributed by atoms with E-state index in [1.54, 1.807) is 24.3 Å². The second-order valence-electron chi connectivity index (χ2n) is 11.3. The molecule has 0 amide bonds. The van der Waals surface area contributed by atoms with Crippen molar-refractivity contribution in [3.05, 3.63) is 81.8 Å². The van der Waals surface area contributed by atoms with Gasteiger partial charge in [0.15, 0.2) is 0 Å². The zero-order valence-electron chi connectivity index (χ0n) is 27.0. The van der Waals surface area contributed by atoms with Gasteiger partial charge in [0.1, 0.15) is 18.4 Å². The van der Waals surface area contributed by atoms with E-state index in [1.165, 1.54) is 5.56 Å². The number of aryl methyl sites for hydroxylation is 1. The number of rotatable bonds is 15. The van der Waals surface area contributed by atoms with Crippen LogP contribution in [-0.4, -0.2) is 42.5 Å². The molecular weight excluding hydrogens is 570 g/mol. The number of hydrogen-bond donors (Lipinski definition) is 1. The van der Waals surface area contributed by atoms with Gasteiger partial charge in [0.05, 0.1) is 24.9 Å². The lowest BCUT2D eigenvalue weighted by molar-refractivity contribution is -0.144. The highest BCUT2D eigenvalue weighted by molar-refractivity contribution is 5.89. The van der Waals surface area contributed by atoms with Crippen LogP contribution in [0.4, 0.5) is 0 Å². The van der Waals surface area contributed by atoms with Gasteiger partial charge < -0.3 is 19.3 Å². The average molecular weight is 618 g/mol. The normalized spacial score (nSPS) is 19.1. The summed E-state index contributed by atoms with van der Waals surface area (Å²) in [5.74, 6) is 6.80. The Bertz CT molecular complexity index is 1360. The molecule has 5 atom stereocenters.